The van der Waals surface area contributed by atoms with Crippen molar-refractivity contribution in [3.63, 3.8) is 0 Å². The van der Waals surface area contributed by atoms with Crippen LogP contribution in [0.1, 0.15) is 19.4 Å². The summed E-state index contributed by atoms with van der Waals surface area (Å²) in [7, 11) is 0. The molecule has 1 aromatic carbocycles. The van der Waals surface area contributed by atoms with Crippen molar-refractivity contribution in [1.29, 1.82) is 0 Å². The second-order valence-corrected chi connectivity index (χ2v) is 7.54. The Hall–Kier alpha value is -1.87. The molecule has 0 saturated carbocycles. The first kappa shape index (κ1) is 21.4. The van der Waals surface area contributed by atoms with E-state index in [4.69, 9.17) is 5.11 Å². The van der Waals surface area contributed by atoms with Crippen LogP contribution < -0.4 is 5.43 Å². The molecule has 1 saturated heterocycles. The minimum absolute atomic E-state index is 0.0702. The third-order valence-corrected chi connectivity index (χ3v) is 5.25. The van der Waals surface area contributed by atoms with Crippen LogP contribution in [0.15, 0.2) is 29.2 Å². The second kappa shape index (κ2) is 10.5. The smallest absolute Gasteiger partial charge is 0.244 e. The van der Waals surface area contributed by atoms with Crippen LogP contribution in [0.3, 0.4) is 0 Å². The molecular formula is C19H27N3O4S. The first-order chi connectivity index (χ1) is 12.9. The molecule has 0 aromatic heterocycles. The third-order valence-electron chi connectivity index (χ3n) is 4.26. The van der Waals surface area contributed by atoms with Crippen LogP contribution in [0, 0.1) is 0 Å². The zero-order valence-electron chi connectivity index (χ0n) is 15.8. The van der Waals surface area contributed by atoms with E-state index in [1.165, 1.54) is 24.8 Å². The van der Waals surface area contributed by atoms with Gasteiger partial charge in [0, 0.05) is 43.2 Å². The number of aliphatic hydroxyl groups excluding tert-OH is 1. The summed E-state index contributed by atoms with van der Waals surface area (Å²) < 4.78 is 0. The number of piperazine rings is 1. The van der Waals surface area contributed by atoms with Crippen molar-refractivity contribution in [2.45, 2.75) is 18.7 Å². The highest BCUT2D eigenvalue weighted by Gasteiger charge is 2.18. The molecule has 1 fully saturated rings. The second-order valence-electron chi connectivity index (χ2n) is 6.49. The summed E-state index contributed by atoms with van der Waals surface area (Å²) in [5.74, 6) is 0.180. The summed E-state index contributed by atoms with van der Waals surface area (Å²) in [6, 6.07) is 5.20. The highest BCUT2D eigenvalue weighted by Crippen LogP contribution is 2.30. The molecule has 1 amide bonds. The summed E-state index contributed by atoms with van der Waals surface area (Å²) in [5.41, 5.74) is 4.21. The molecule has 0 unspecified atom stereocenters. The molecule has 0 aliphatic carbocycles. The van der Waals surface area contributed by atoms with E-state index < -0.39 is 0 Å². The number of carbonyl (C=O) groups excluding carboxylic acids is 2. The van der Waals surface area contributed by atoms with Gasteiger partial charge < -0.3 is 10.2 Å². The Morgan fingerprint density at radius 2 is 1.93 bits per heavy atom. The predicted octanol–water partition coefficient (Wildman–Crippen LogP) is 1.12. The zero-order valence-corrected chi connectivity index (χ0v) is 16.6. The van der Waals surface area contributed by atoms with E-state index in [1.807, 2.05) is 11.1 Å². The van der Waals surface area contributed by atoms with Crippen molar-refractivity contribution in [2.75, 3.05) is 45.1 Å². The molecule has 0 radical (unpaired) electrons. The number of thioether (sulfide) groups is 1. The van der Waals surface area contributed by atoms with Gasteiger partial charge in [-0.1, -0.05) is 0 Å². The van der Waals surface area contributed by atoms with E-state index in [0.29, 0.717) is 17.7 Å². The van der Waals surface area contributed by atoms with Crippen molar-refractivity contribution < 1.29 is 19.8 Å². The highest BCUT2D eigenvalue weighted by atomic mass is 32.2. The van der Waals surface area contributed by atoms with Crippen LogP contribution in [-0.2, 0) is 9.59 Å². The van der Waals surface area contributed by atoms with Crippen LogP contribution in [0.25, 0.3) is 5.57 Å². The van der Waals surface area contributed by atoms with Crippen molar-refractivity contribution in [2.24, 2.45) is 0 Å². The Kier molecular flexibility index (Phi) is 8.30. The number of ketones is 1. The van der Waals surface area contributed by atoms with Gasteiger partial charge in [-0.05, 0) is 43.7 Å². The number of allylic oxidation sites excluding steroid dienone is 2. The lowest BCUT2D eigenvalue weighted by Crippen LogP contribution is -2.54. The molecule has 0 spiro atoms. The normalized spacial score (nSPS) is 16.3. The number of aromatic hydroxyl groups is 1. The van der Waals surface area contributed by atoms with Gasteiger partial charge in [0.25, 0.3) is 0 Å². The lowest BCUT2D eigenvalue weighted by atomic mass is 10.1. The Bertz CT molecular complexity index is 700. The number of nitrogens with zero attached hydrogens (tertiary/aromatic N) is 2. The molecule has 27 heavy (non-hydrogen) atoms. The Balaban J connectivity index is 1.82. The molecule has 1 heterocycles. The maximum absolute atomic E-state index is 12.1. The van der Waals surface area contributed by atoms with E-state index in [0.717, 1.165) is 31.1 Å². The molecule has 2 rings (SSSR count). The SMILES string of the molecule is CC(=O)/C=C(/C)c1ccc(SCC(=O)NN2CCN(CCO)CC2)cc1O. The summed E-state index contributed by atoms with van der Waals surface area (Å²) >= 11 is 1.35. The molecular weight excluding hydrogens is 366 g/mol. The topological polar surface area (TPSA) is 93.1 Å². The summed E-state index contributed by atoms with van der Waals surface area (Å²) in [5, 5.41) is 21.0. The van der Waals surface area contributed by atoms with Crippen molar-refractivity contribution in [3.8, 4) is 5.75 Å². The van der Waals surface area contributed by atoms with Crippen LogP contribution >= 0.6 is 11.8 Å². The number of amides is 1. The Labute approximate surface area is 164 Å². The van der Waals surface area contributed by atoms with E-state index in [1.54, 1.807) is 19.1 Å². The number of carbonyl (C=O) groups is 2. The average molecular weight is 394 g/mol. The first-order valence-electron chi connectivity index (χ1n) is 8.91. The number of hydrogen-bond acceptors (Lipinski definition) is 7. The molecule has 1 aliphatic rings. The summed E-state index contributed by atoms with van der Waals surface area (Å²) in [6.07, 6.45) is 1.48. The van der Waals surface area contributed by atoms with Gasteiger partial charge in [-0.25, -0.2) is 5.01 Å². The van der Waals surface area contributed by atoms with Crippen molar-refractivity contribution in [3.05, 3.63) is 29.8 Å². The maximum atomic E-state index is 12.1. The number of phenolic OH excluding ortho intramolecular Hbond substituents is 1. The van der Waals surface area contributed by atoms with Crippen molar-refractivity contribution >= 4 is 29.0 Å². The molecule has 148 valence electrons. The number of nitrogens with one attached hydrogen (secondary N) is 1. The highest BCUT2D eigenvalue weighted by molar-refractivity contribution is 8.00. The van der Waals surface area contributed by atoms with E-state index in [-0.39, 0.29) is 29.8 Å². The van der Waals surface area contributed by atoms with Gasteiger partial charge in [-0.15, -0.1) is 11.8 Å². The molecule has 0 bridgehead atoms. The van der Waals surface area contributed by atoms with Crippen LogP contribution in [0.5, 0.6) is 5.75 Å². The summed E-state index contributed by atoms with van der Waals surface area (Å²) in [4.78, 5) is 26.3. The van der Waals surface area contributed by atoms with Gasteiger partial charge in [0.05, 0.1) is 12.4 Å². The quantitative estimate of drug-likeness (QED) is 0.450. The number of hydrazine groups is 1. The molecule has 3 N–H and O–H groups in total. The predicted molar refractivity (Wildman–Crippen MR) is 106 cm³/mol. The molecule has 1 aliphatic heterocycles. The van der Waals surface area contributed by atoms with E-state index in [9.17, 15) is 14.7 Å². The van der Waals surface area contributed by atoms with Crippen LogP contribution in [0.4, 0.5) is 0 Å². The Morgan fingerprint density at radius 3 is 2.52 bits per heavy atom. The molecule has 1 aromatic rings. The fourth-order valence-corrected chi connectivity index (χ4v) is 3.62. The zero-order chi connectivity index (χ0) is 19.8. The number of hydrogen-bond donors (Lipinski definition) is 3. The van der Waals surface area contributed by atoms with Gasteiger partial charge in [-0.2, -0.15) is 0 Å². The van der Waals surface area contributed by atoms with E-state index in [2.05, 4.69) is 10.3 Å². The van der Waals surface area contributed by atoms with Gasteiger partial charge in [0.1, 0.15) is 5.75 Å². The standard InChI is InChI=1S/C19H27N3O4S/c1-14(11-15(2)24)17-4-3-16(12-18(17)25)27-13-19(26)20-22-7-5-21(6-8-22)9-10-23/h3-4,11-12,23,25H,5-10,13H2,1-2H3,(H,20,26)/b14-11-. The Morgan fingerprint density at radius 1 is 1.22 bits per heavy atom. The monoisotopic (exact) mass is 393 g/mol. The molecule has 0 atom stereocenters. The third kappa shape index (κ3) is 6.99. The molecule has 7 nitrogen and oxygen atoms in total. The minimum Gasteiger partial charge on any atom is -0.507 e. The van der Waals surface area contributed by atoms with Crippen molar-refractivity contribution in [1.82, 2.24) is 15.3 Å². The number of aliphatic hydroxyl groups is 1. The van der Waals surface area contributed by atoms with Gasteiger partial charge in [-0.3, -0.25) is 19.9 Å². The van der Waals surface area contributed by atoms with E-state index >= 15 is 0 Å². The van der Waals surface area contributed by atoms with Gasteiger partial charge >= 0.3 is 0 Å². The average Bonchev–Trinajstić information content (AvgIpc) is 2.61. The lowest BCUT2D eigenvalue weighted by molar-refractivity contribution is -0.124. The number of benzene rings is 1. The summed E-state index contributed by atoms with van der Waals surface area (Å²) in [6.45, 7) is 7.15. The fourth-order valence-electron chi connectivity index (χ4n) is 2.90. The number of β-amino-alcohol motifs (C(OH)–C–C–N with tert-alkyl or cyclic N) is 1. The van der Waals surface area contributed by atoms with Crippen LogP contribution in [0.2, 0.25) is 0 Å². The number of phenols is 1. The fraction of sp³-hybridized carbons (Fsp3) is 0.474. The minimum atomic E-state index is -0.0909. The first-order valence-corrected chi connectivity index (χ1v) is 9.90. The lowest BCUT2D eigenvalue weighted by Gasteiger charge is -2.34. The van der Waals surface area contributed by atoms with Gasteiger partial charge in [0.2, 0.25) is 5.91 Å². The number of rotatable bonds is 8. The van der Waals surface area contributed by atoms with Gasteiger partial charge in [0.15, 0.2) is 5.78 Å². The molecule has 8 heteroatoms. The largest absolute Gasteiger partial charge is 0.507 e. The maximum Gasteiger partial charge on any atom is 0.244 e. The van der Waals surface area contributed by atoms with Crippen LogP contribution in [-0.4, -0.2) is 76.9 Å².